The lowest BCUT2D eigenvalue weighted by Crippen LogP contribution is -2.37. The molecule has 29 heavy (non-hydrogen) atoms. The lowest BCUT2D eigenvalue weighted by molar-refractivity contribution is -0.119. The summed E-state index contributed by atoms with van der Waals surface area (Å²) < 4.78 is 18.9. The van der Waals surface area contributed by atoms with Gasteiger partial charge in [0.2, 0.25) is 0 Å². The molecule has 4 N–H and O–H groups in total. The molecule has 0 aliphatic heterocycles. The molecule has 2 rings (SSSR count). The summed E-state index contributed by atoms with van der Waals surface area (Å²) in [6, 6.07) is 12.2. The standard InChI is InChI=1S/C21H27FN4O2S/c1-3-24-21(26-12-16-7-8-18(22)10-17(16)14-29-2)25-11-15-5-4-6-19(9-15)28-13-20(23)27/h4-10H,3,11-14H2,1-2H3,(H2,23,27)(H2,24,25,26). The molecule has 0 atom stereocenters. The number of guanidine groups is 1. The van der Waals surface area contributed by atoms with Gasteiger partial charge in [-0.3, -0.25) is 4.79 Å². The van der Waals surface area contributed by atoms with Gasteiger partial charge in [-0.1, -0.05) is 18.2 Å². The quantitative estimate of drug-likeness (QED) is 0.408. The van der Waals surface area contributed by atoms with Crippen LogP contribution in [0.4, 0.5) is 4.39 Å². The average Bonchev–Trinajstić information content (AvgIpc) is 2.70. The number of hydrogen-bond acceptors (Lipinski definition) is 4. The number of benzene rings is 2. The molecule has 0 saturated heterocycles. The van der Waals surface area contributed by atoms with Crippen molar-refractivity contribution in [2.24, 2.45) is 10.7 Å². The molecule has 0 unspecified atom stereocenters. The van der Waals surface area contributed by atoms with E-state index in [4.69, 9.17) is 10.5 Å². The Hall–Kier alpha value is -2.74. The number of ether oxygens (including phenoxy) is 1. The predicted octanol–water partition coefficient (Wildman–Crippen LogP) is 2.81. The molecular formula is C21H27FN4O2S. The summed E-state index contributed by atoms with van der Waals surface area (Å²) >= 11 is 1.66. The smallest absolute Gasteiger partial charge is 0.255 e. The van der Waals surface area contributed by atoms with E-state index in [0.29, 0.717) is 31.3 Å². The molecular weight excluding hydrogens is 391 g/mol. The van der Waals surface area contributed by atoms with Crippen LogP contribution < -0.4 is 21.1 Å². The number of nitrogens with two attached hydrogens (primary N) is 1. The van der Waals surface area contributed by atoms with Crippen LogP contribution in [0.2, 0.25) is 0 Å². The zero-order chi connectivity index (χ0) is 21.1. The van der Waals surface area contributed by atoms with E-state index >= 15 is 0 Å². The van der Waals surface area contributed by atoms with Crippen LogP contribution in [0, 0.1) is 5.82 Å². The van der Waals surface area contributed by atoms with Crippen LogP contribution in [0.15, 0.2) is 47.5 Å². The second-order valence-corrected chi connectivity index (χ2v) is 7.16. The van der Waals surface area contributed by atoms with Gasteiger partial charge >= 0.3 is 0 Å². The third-order valence-corrected chi connectivity index (χ3v) is 4.56. The van der Waals surface area contributed by atoms with Gasteiger partial charge < -0.3 is 21.1 Å². The number of carbonyl (C=O) groups excluding carboxylic acids is 1. The number of nitrogens with one attached hydrogen (secondary N) is 2. The Morgan fingerprint density at radius 3 is 2.76 bits per heavy atom. The maximum atomic E-state index is 13.5. The first-order chi connectivity index (χ1) is 14.0. The molecule has 0 aromatic heterocycles. The number of carbonyl (C=O) groups is 1. The van der Waals surface area contributed by atoms with Crippen molar-refractivity contribution in [1.82, 2.24) is 10.6 Å². The second kappa shape index (κ2) is 12.0. The maximum absolute atomic E-state index is 13.5. The number of nitrogens with zero attached hydrogens (tertiary/aromatic N) is 1. The fourth-order valence-electron chi connectivity index (χ4n) is 2.64. The van der Waals surface area contributed by atoms with Crippen molar-refractivity contribution in [1.29, 1.82) is 0 Å². The van der Waals surface area contributed by atoms with Crippen molar-refractivity contribution in [3.63, 3.8) is 0 Å². The van der Waals surface area contributed by atoms with Crippen molar-refractivity contribution in [2.75, 3.05) is 19.4 Å². The molecule has 0 aliphatic carbocycles. The summed E-state index contributed by atoms with van der Waals surface area (Å²) in [6.07, 6.45) is 1.99. The van der Waals surface area contributed by atoms with Gasteiger partial charge in [0.25, 0.3) is 5.91 Å². The molecule has 0 fully saturated rings. The molecule has 0 radical (unpaired) electrons. The van der Waals surface area contributed by atoms with Gasteiger partial charge in [0.15, 0.2) is 12.6 Å². The van der Waals surface area contributed by atoms with Crippen molar-refractivity contribution in [2.45, 2.75) is 25.8 Å². The predicted molar refractivity (Wildman–Crippen MR) is 116 cm³/mol. The maximum Gasteiger partial charge on any atom is 0.255 e. The summed E-state index contributed by atoms with van der Waals surface area (Å²) in [5.74, 6) is 1.24. The number of halogens is 1. The summed E-state index contributed by atoms with van der Waals surface area (Å²) in [5.41, 5.74) is 8.05. The first-order valence-electron chi connectivity index (χ1n) is 9.30. The number of primary amides is 1. The molecule has 0 heterocycles. The van der Waals surface area contributed by atoms with Crippen molar-refractivity contribution in [3.8, 4) is 5.75 Å². The van der Waals surface area contributed by atoms with Gasteiger partial charge in [-0.15, -0.1) is 0 Å². The number of hydrogen-bond donors (Lipinski definition) is 3. The molecule has 156 valence electrons. The van der Waals surface area contributed by atoms with E-state index in [1.807, 2.05) is 31.4 Å². The van der Waals surface area contributed by atoms with E-state index in [-0.39, 0.29) is 12.4 Å². The Labute approximate surface area is 175 Å². The van der Waals surface area contributed by atoms with Crippen molar-refractivity contribution < 1.29 is 13.9 Å². The minimum atomic E-state index is -0.520. The molecule has 1 amide bonds. The van der Waals surface area contributed by atoms with E-state index < -0.39 is 5.91 Å². The summed E-state index contributed by atoms with van der Waals surface area (Å²) in [6.45, 7) is 3.53. The second-order valence-electron chi connectivity index (χ2n) is 6.30. The molecule has 0 spiro atoms. The topological polar surface area (TPSA) is 88.7 Å². The molecule has 0 bridgehead atoms. The Morgan fingerprint density at radius 1 is 1.21 bits per heavy atom. The van der Waals surface area contributed by atoms with Crippen LogP contribution >= 0.6 is 11.8 Å². The van der Waals surface area contributed by atoms with Crippen LogP contribution in [-0.4, -0.2) is 31.3 Å². The fourth-order valence-corrected chi connectivity index (χ4v) is 3.22. The van der Waals surface area contributed by atoms with Crippen LogP contribution in [0.5, 0.6) is 5.75 Å². The Bertz CT molecular complexity index is 845. The number of rotatable bonds is 10. The van der Waals surface area contributed by atoms with Gasteiger partial charge in [-0.05, 0) is 54.1 Å². The Kier molecular flexibility index (Phi) is 9.30. The van der Waals surface area contributed by atoms with Gasteiger partial charge in [-0.25, -0.2) is 9.38 Å². The van der Waals surface area contributed by atoms with Gasteiger partial charge in [0, 0.05) is 18.8 Å². The molecule has 0 aliphatic rings. The lowest BCUT2D eigenvalue weighted by Gasteiger charge is -2.14. The number of thioether (sulfide) groups is 1. The minimum Gasteiger partial charge on any atom is -0.484 e. The highest BCUT2D eigenvalue weighted by molar-refractivity contribution is 7.97. The van der Waals surface area contributed by atoms with E-state index in [9.17, 15) is 9.18 Å². The zero-order valence-electron chi connectivity index (χ0n) is 16.7. The van der Waals surface area contributed by atoms with Crippen LogP contribution in [-0.2, 0) is 23.6 Å². The summed E-state index contributed by atoms with van der Waals surface area (Å²) in [7, 11) is 0. The van der Waals surface area contributed by atoms with E-state index in [2.05, 4.69) is 15.6 Å². The highest BCUT2D eigenvalue weighted by atomic mass is 32.2. The monoisotopic (exact) mass is 418 g/mol. The first-order valence-corrected chi connectivity index (χ1v) is 10.7. The largest absolute Gasteiger partial charge is 0.484 e. The van der Waals surface area contributed by atoms with Gasteiger partial charge in [0.05, 0.1) is 6.54 Å². The molecule has 2 aromatic carbocycles. The van der Waals surface area contributed by atoms with E-state index in [1.165, 1.54) is 6.07 Å². The van der Waals surface area contributed by atoms with Crippen molar-refractivity contribution >= 4 is 23.6 Å². The Morgan fingerprint density at radius 2 is 2.03 bits per heavy atom. The fraction of sp³-hybridized carbons (Fsp3) is 0.333. The lowest BCUT2D eigenvalue weighted by atomic mass is 10.1. The SMILES string of the molecule is CCNC(=NCc1cccc(OCC(N)=O)c1)NCc1ccc(F)cc1CSC. The minimum absolute atomic E-state index is 0.160. The summed E-state index contributed by atoms with van der Waals surface area (Å²) in [4.78, 5) is 15.4. The first kappa shape index (κ1) is 22.5. The third-order valence-electron chi connectivity index (χ3n) is 3.96. The third kappa shape index (κ3) is 8.03. The average molecular weight is 419 g/mol. The van der Waals surface area contributed by atoms with Crippen LogP contribution in [0.1, 0.15) is 23.6 Å². The highest BCUT2D eigenvalue weighted by Crippen LogP contribution is 2.17. The van der Waals surface area contributed by atoms with Crippen LogP contribution in [0.25, 0.3) is 0 Å². The number of amides is 1. The van der Waals surface area contributed by atoms with E-state index in [0.717, 1.165) is 22.4 Å². The van der Waals surface area contributed by atoms with Gasteiger partial charge in [-0.2, -0.15) is 11.8 Å². The zero-order valence-corrected chi connectivity index (χ0v) is 17.5. The normalized spacial score (nSPS) is 11.2. The van der Waals surface area contributed by atoms with Gasteiger partial charge in [0.1, 0.15) is 11.6 Å². The number of aliphatic imine (C=N–C) groups is 1. The molecule has 0 saturated carbocycles. The molecule has 2 aromatic rings. The highest BCUT2D eigenvalue weighted by Gasteiger charge is 2.06. The Balaban J connectivity index is 2.03. The summed E-state index contributed by atoms with van der Waals surface area (Å²) in [5, 5.41) is 6.50. The van der Waals surface area contributed by atoms with Crippen LogP contribution in [0.3, 0.4) is 0 Å². The van der Waals surface area contributed by atoms with Crippen molar-refractivity contribution in [3.05, 3.63) is 65.0 Å². The molecule has 6 nitrogen and oxygen atoms in total. The molecule has 8 heteroatoms. The van der Waals surface area contributed by atoms with E-state index in [1.54, 1.807) is 30.0 Å².